The summed E-state index contributed by atoms with van der Waals surface area (Å²) in [5.74, 6) is 0. The average molecular weight is 150 g/mol. The van der Waals surface area contributed by atoms with Gasteiger partial charge >= 0.3 is 0 Å². The minimum absolute atomic E-state index is 0.309. The van der Waals surface area contributed by atoms with Crippen molar-refractivity contribution in [2.24, 2.45) is 0 Å². The molecule has 0 aliphatic heterocycles. The molecule has 0 aliphatic carbocycles. The molecule has 0 aliphatic rings. The summed E-state index contributed by atoms with van der Waals surface area (Å²) < 4.78 is 0. The quantitative estimate of drug-likeness (QED) is 0.646. The van der Waals surface area contributed by atoms with Crippen molar-refractivity contribution in [2.45, 2.75) is 6.61 Å². The molecule has 0 heterocycles. The van der Waals surface area contributed by atoms with Crippen LogP contribution in [0.4, 0.5) is 5.69 Å². The van der Waals surface area contributed by atoms with Crippen LogP contribution >= 0.6 is 0 Å². The van der Waals surface area contributed by atoms with Crippen molar-refractivity contribution in [1.82, 2.24) is 0 Å². The normalized spacial score (nSPS) is 9.18. The SMILES string of the molecule is [O]Cc1ccccc1NC=O. The minimum atomic E-state index is -0.309. The van der Waals surface area contributed by atoms with Gasteiger partial charge in [0.2, 0.25) is 6.41 Å². The standard InChI is InChI=1S/C8H8NO2/c10-5-7-3-1-2-4-8(7)9-6-11/h1-4,6H,5H2,(H,9,11). The van der Waals surface area contributed by atoms with E-state index in [0.717, 1.165) is 0 Å². The molecule has 1 N–H and O–H groups in total. The van der Waals surface area contributed by atoms with Gasteiger partial charge in [-0.1, -0.05) is 18.2 Å². The molecule has 1 aromatic rings. The van der Waals surface area contributed by atoms with Crippen LogP contribution < -0.4 is 5.32 Å². The van der Waals surface area contributed by atoms with Gasteiger partial charge in [0.15, 0.2) is 0 Å². The van der Waals surface area contributed by atoms with E-state index in [1.165, 1.54) is 0 Å². The molecule has 1 aromatic carbocycles. The van der Waals surface area contributed by atoms with Gasteiger partial charge in [0.05, 0.1) is 0 Å². The number of rotatable bonds is 3. The molecule has 0 bridgehead atoms. The molecule has 0 aromatic heterocycles. The van der Waals surface area contributed by atoms with Crippen LogP contribution in [0.2, 0.25) is 0 Å². The third-order valence-corrected chi connectivity index (χ3v) is 1.39. The molecule has 0 saturated heterocycles. The lowest BCUT2D eigenvalue weighted by molar-refractivity contribution is -0.105. The first kappa shape index (κ1) is 7.75. The molecule has 0 saturated carbocycles. The highest BCUT2D eigenvalue weighted by Gasteiger charge is 1.97. The van der Waals surface area contributed by atoms with E-state index in [-0.39, 0.29) is 6.61 Å². The minimum Gasteiger partial charge on any atom is -0.328 e. The maximum Gasteiger partial charge on any atom is 0.211 e. The van der Waals surface area contributed by atoms with E-state index in [9.17, 15) is 9.90 Å². The Morgan fingerprint density at radius 3 is 2.73 bits per heavy atom. The summed E-state index contributed by atoms with van der Waals surface area (Å²) in [5.41, 5.74) is 1.21. The fraction of sp³-hybridized carbons (Fsp3) is 0.125. The number of nitrogens with one attached hydrogen (secondary N) is 1. The molecule has 3 nitrogen and oxygen atoms in total. The Balaban J connectivity index is 2.92. The molecule has 11 heavy (non-hydrogen) atoms. The Hall–Kier alpha value is -1.35. The molecule has 1 rings (SSSR count). The Morgan fingerprint density at radius 2 is 2.09 bits per heavy atom. The Bertz CT molecular complexity index is 248. The lowest BCUT2D eigenvalue weighted by atomic mass is 10.2. The molecule has 1 amide bonds. The van der Waals surface area contributed by atoms with Gasteiger partial charge in [0.25, 0.3) is 0 Å². The fourth-order valence-electron chi connectivity index (χ4n) is 0.850. The zero-order valence-corrected chi connectivity index (χ0v) is 5.91. The lowest BCUT2D eigenvalue weighted by Crippen LogP contribution is -1.97. The highest BCUT2D eigenvalue weighted by molar-refractivity contribution is 5.73. The molecular weight excluding hydrogens is 142 g/mol. The van der Waals surface area contributed by atoms with Crippen LogP contribution in [-0.2, 0) is 16.5 Å². The smallest absolute Gasteiger partial charge is 0.211 e. The van der Waals surface area contributed by atoms with E-state index in [0.29, 0.717) is 17.7 Å². The van der Waals surface area contributed by atoms with Crippen molar-refractivity contribution >= 4 is 12.1 Å². The molecule has 0 unspecified atom stereocenters. The second kappa shape index (κ2) is 3.73. The van der Waals surface area contributed by atoms with Crippen LogP contribution in [0, 0.1) is 0 Å². The molecule has 3 heteroatoms. The molecule has 0 atom stereocenters. The number of para-hydroxylation sites is 1. The van der Waals surface area contributed by atoms with Gasteiger partial charge in [0, 0.05) is 11.3 Å². The topological polar surface area (TPSA) is 49.0 Å². The van der Waals surface area contributed by atoms with Gasteiger partial charge in [-0.15, -0.1) is 0 Å². The number of hydrogen-bond donors (Lipinski definition) is 1. The number of anilines is 1. The predicted octanol–water partition coefficient (Wildman–Crippen LogP) is 1.19. The number of hydrogen-bond acceptors (Lipinski definition) is 1. The maximum absolute atomic E-state index is 10.5. The zero-order chi connectivity index (χ0) is 8.10. The van der Waals surface area contributed by atoms with E-state index in [4.69, 9.17) is 0 Å². The summed E-state index contributed by atoms with van der Waals surface area (Å²) in [6.45, 7) is -0.309. The first-order valence-corrected chi connectivity index (χ1v) is 3.24. The first-order chi connectivity index (χ1) is 5.38. The Labute approximate surface area is 64.7 Å². The summed E-state index contributed by atoms with van der Waals surface area (Å²) in [6, 6.07) is 6.93. The summed E-state index contributed by atoms with van der Waals surface area (Å²) in [7, 11) is 0. The van der Waals surface area contributed by atoms with E-state index in [1.54, 1.807) is 24.3 Å². The summed E-state index contributed by atoms with van der Waals surface area (Å²) >= 11 is 0. The van der Waals surface area contributed by atoms with Crippen molar-refractivity contribution in [3.8, 4) is 0 Å². The largest absolute Gasteiger partial charge is 0.328 e. The van der Waals surface area contributed by atoms with Crippen LogP contribution in [0.5, 0.6) is 0 Å². The van der Waals surface area contributed by atoms with Gasteiger partial charge in [-0.25, -0.2) is 5.11 Å². The van der Waals surface area contributed by atoms with Gasteiger partial charge in [-0.3, -0.25) is 4.79 Å². The number of carbonyl (C=O) groups is 1. The second-order valence-electron chi connectivity index (χ2n) is 2.06. The fourth-order valence-corrected chi connectivity index (χ4v) is 0.850. The second-order valence-corrected chi connectivity index (χ2v) is 2.06. The lowest BCUT2D eigenvalue weighted by Gasteiger charge is -2.02. The van der Waals surface area contributed by atoms with Crippen LogP contribution in [0.3, 0.4) is 0 Å². The zero-order valence-electron chi connectivity index (χ0n) is 5.91. The van der Waals surface area contributed by atoms with Crippen molar-refractivity contribution in [1.29, 1.82) is 0 Å². The maximum atomic E-state index is 10.5. The van der Waals surface area contributed by atoms with Crippen LogP contribution in [0.25, 0.3) is 0 Å². The van der Waals surface area contributed by atoms with Gasteiger partial charge in [-0.2, -0.15) is 0 Å². The third-order valence-electron chi connectivity index (χ3n) is 1.39. The predicted molar refractivity (Wildman–Crippen MR) is 40.5 cm³/mol. The van der Waals surface area contributed by atoms with Crippen LogP contribution in [-0.4, -0.2) is 6.41 Å². The number of benzene rings is 1. The Kier molecular flexibility index (Phi) is 2.63. The molecule has 0 spiro atoms. The number of amides is 1. The van der Waals surface area contributed by atoms with Crippen LogP contribution in [0.1, 0.15) is 5.56 Å². The first-order valence-electron chi connectivity index (χ1n) is 3.24. The summed E-state index contributed by atoms with van der Waals surface area (Å²) in [6.07, 6.45) is 0.564. The third kappa shape index (κ3) is 1.78. The van der Waals surface area contributed by atoms with Crippen molar-refractivity contribution in [2.75, 3.05) is 5.32 Å². The van der Waals surface area contributed by atoms with Gasteiger partial charge in [0.1, 0.15) is 6.61 Å². The highest BCUT2D eigenvalue weighted by Crippen LogP contribution is 2.13. The van der Waals surface area contributed by atoms with Crippen molar-refractivity contribution < 1.29 is 9.90 Å². The molecule has 0 fully saturated rings. The molecule has 1 radical (unpaired) electrons. The van der Waals surface area contributed by atoms with E-state index in [1.807, 2.05) is 0 Å². The summed E-state index contributed by atoms with van der Waals surface area (Å²) in [5, 5.41) is 12.9. The van der Waals surface area contributed by atoms with Crippen LogP contribution in [0.15, 0.2) is 24.3 Å². The van der Waals surface area contributed by atoms with E-state index in [2.05, 4.69) is 5.32 Å². The monoisotopic (exact) mass is 150 g/mol. The highest BCUT2D eigenvalue weighted by atomic mass is 16.3. The van der Waals surface area contributed by atoms with Crippen molar-refractivity contribution in [3.05, 3.63) is 29.8 Å². The van der Waals surface area contributed by atoms with Crippen molar-refractivity contribution in [3.63, 3.8) is 0 Å². The molecular formula is C8H8NO2. The Morgan fingerprint density at radius 1 is 1.36 bits per heavy atom. The summed E-state index contributed by atoms with van der Waals surface area (Å²) in [4.78, 5) is 10.0. The van der Waals surface area contributed by atoms with E-state index >= 15 is 0 Å². The molecule has 57 valence electrons. The number of carbonyl (C=O) groups excluding carboxylic acids is 1. The van der Waals surface area contributed by atoms with E-state index < -0.39 is 0 Å². The van der Waals surface area contributed by atoms with Gasteiger partial charge in [-0.05, 0) is 6.07 Å². The van der Waals surface area contributed by atoms with Gasteiger partial charge < -0.3 is 5.32 Å². The average Bonchev–Trinajstić information content (AvgIpc) is 2.06.